The van der Waals surface area contributed by atoms with E-state index in [1.165, 1.54) is 25.7 Å². The third-order valence-electron chi connectivity index (χ3n) is 3.60. The molecule has 0 bridgehead atoms. The maximum Gasteiger partial charge on any atom is 0.0580 e. The third-order valence-corrected chi connectivity index (χ3v) is 3.60. The van der Waals surface area contributed by atoms with Gasteiger partial charge in [0, 0.05) is 6.54 Å². The fourth-order valence-electron chi connectivity index (χ4n) is 2.44. The summed E-state index contributed by atoms with van der Waals surface area (Å²) < 4.78 is 0. The maximum absolute atomic E-state index is 5.98. The van der Waals surface area contributed by atoms with Crippen LogP contribution < -0.4 is 11.1 Å². The summed E-state index contributed by atoms with van der Waals surface area (Å²) in [6, 6.07) is 6.09. The van der Waals surface area contributed by atoms with Crippen LogP contribution in [0.25, 0.3) is 5.57 Å². The molecule has 1 saturated carbocycles. The van der Waals surface area contributed by atoms with Crippen molar-refractivity contribution in [1.82, 2.24) is 0 Å². The fraction of sp³-hybridized carbons (Fsp3) is 0.467. The summed E-state index contributed by atoms with van der Waals surface area (Å²) in [5.74, 6) is 0.822. The van der Waals surface area contributed by atoms with E-state index in [4.69, 9.17) is 5.73 Å². The molecule has 0 aromatic heterocycles. The van der Waals surface area contributed by atoms with Crippen LogP contribution in [0.5, 0.6) is 0 Å². The number of rotatable bonds is 4. The van der Waals surface area contributed by atoms with E-state index < -0.39 is 0 Å². The van der Waals surface area contributed by atoms with Crippen LogP contribution in [-0.2, 0) is 0 Å². The van der Waals surface area contributed by atoms with Gasteiger partial charge in [-0.05, 0) is 43.4 Å². The lowest BCUT2D eigenvalue weighted by Crippen LogP contribution is -2.12. The lowest BCUT2D eigenvalue weighted by molar-refractivity contribution is 0.580. The van der Waals surface area contributed by atoms with Crippen molar-refractivity contribution < 1.29 is 0 Å². The van der Waals surface area contributed by atoms with Gasteiger partial charge in [-0.1, -0.05) is 31.1 Å². The van der Waals surface area contributed by atoms with Gasteiger partial charge >= 0.3 is 0 Å². The lowest BCUT2D eigenvalue weighted by Gasteiger charge is -2.14. The van der Waals surface area contributed by atoms with Crippen molar-refractivity contribution in [2.24, 2.45) is 5.92 Å². The molecule has 1 aromatic rings. The Morgan fingerprint density at radius 1 is 1.41 bits per heavy atom. The zero-order valence-corrected chi connectivity index (χ0v) is 10.6. The molecule has 1 aromatic carbocycles. The average molecular weight is 230 g/mol. The van der Waals surface area contributed by atoms with Crippen LogP contribution in [0, 0.1) is 5.92 Å². The van der Waals surface area contributed by atoms with E-state index in [1.807, 2.05) is 19.1 Å². The van der Waals surface area contributed by atoms with Crippen LogP contribution in [0.4, 0.5) is 11.4 Å². The number of nitrogens with two attached hydrogens (primary N) is 1. The Morgan fingerprint density at radius 2 is 2.12 bits per heavy atom. The Morgan fingerprint density at radius 3 is 2.76 bits per heavy atom. The zero-order chi connectivity index (χ0) is 12.3. The minimum atomic E-state index is 0.822. The van der Waals surface area contributed by atoms with Crippen LogP contribution in [0.15, 0.2) is 24.8 Å². The highest BCUT2D eigenvalue weighted by molar-refractivity contribution is 5.73. The molecular weight excluding hydrogens is 208 g/mol. The smallest absolute Gasteiger partial charge is 0.0580 e. The van der Waals surface area contributed by atoms with Gasteiger partial charge in [-0.15, -0.1) is 0 Å². The van der Waals surface area contributed by atoms with Crippen molar-refractivity contribution in [2.75, 3.05) is 17.6 Å². The van der Waals surface area contributed by atoms with Crippen molar-refractivity contribution in [2.45, 2.75) is 32.6 Å². The van der Waals surface area contributed by atoms with Gasteiger partial charge in [0.1, 0.15) is 0 Å². The predicted octanol–water partition coefficient (Wildman–Crippen LogP) is 3.90. The number of benzene rings is 1. The topological polar surface area (TPSA) is 38.0 Å². The molecule has 0 heterocycles. The molecule has 2 nitrogen and oxygen atoms in total. The first-order valence-corrected chi connectivity index (χ1v) is 6.46. The second kappa shape index (κ2) is 5.26. The first-order chi connectivity index (χ1) is 8.16. The monoisotopic (exact) mass is 230 g/mol. The summed E-state index contributed by atoms with van der Waals surface area (Å²) in [7, 11) is 0. The number of nitrogens with one attached hydrogen (secondary N) is 1. The Labute approximate surface area is 104 Å². The molecule has 2 rings (SSSR count). The number of hydrogen-bond donors (Lipinski definition) is 2. The average Bonchev–Trinajstić information content (AvgIpc) is 2.80. The van der Waals surface area contributed by atoms with Crippen LogP contribution >= 0.6 is 0 Å². The van der Waals surface area contributed by atoms with Crippen molar-refractivity contribution in [1.29, 1.82) is 0 Å². The number of anilines is 2. The maximum atomic E-state index is 5.98. The molecule has 0 amide bonds. The van der Waals surface area contributed by atoms with Crippen LogP contribution in [-0.4, -0.2) is 6.54 Å². The second-order valence-corrected chi connectivity index (χ2v) is 5.11. The van der Waals surface area contributed by atoms with Gasteiger partial charge < -0.3 is 11.1 Å². The molecule has 0 saturated heterocycles. The largest absolute Gasteiger partial charge is 0.397 e. The highest BCUT2D eigenvalue weighted by atomic mass is 14.9. The van der Waals surface area contributed by atoms with E-state index in [1.54, 1.807) is 0 Å². The minimum Gasteiger partial charge on any atom is -0.397 e. The fourth-order valence-corrected chi connectivity index (χ4v) is 2.44. The van der Waals surface area contributed by atoms with Gasteiger partial charge in [-0.2, -0.15) is 0 Å². The first-order valence-electron chi connectivity index (χ1n) is 6.46. The Bertz CT molecular complexity index is 403. The molecule has 92 valence electrons. The highest BCUT2D eigenvalue weighted by Gasteiger charge is 2.14. The molecule has 0 aliphatic heterocycles. The minimum absolute atomic E-state index is 0.822. The molecule has 3 N–H and O–H groups in total. The summed E-state index contributed by atoms with van der Waals surface area (Å²) in [6.07, 6.45) is 5.47. The van der Waals surface area contributed by atoms with E-state index >= 15 is 0 Å². The Hall–Kier alpha value is -1.44. The van der Waals surface area contributed by atoms with Gasteiger partial charge in [-0.3, -0.25) is 0 Å². The third kappa shape index (κ3) is 3.02. The molecule has 17 heavy (non-hydrogen) atoms. The number of allylic oxidation sites excluding steroid dienone is 1. The Kier molecular flexibility index (Phi) is 3.72. The molecule has 2 heteroatoms. The Balaban J connectivity index is 2.03. The SMILES string of the molecule is C=C(C)c1ccc(N)c(NCC2CCCC2)c1. The van der Waals surface area contributed by atoms with Gasteiger partial charge in [-0.25, -0.2) is 0 Å². The van der Waals surface area contributed by atoms with Gasteiger partial charge in [0.15, 0.2) is 0 Å². The highest BCUT2D eigenvalue weighted by Crippen LogP contribution is 2.27. The summed E-state index contributed by atoms with van der Waals surface area (Å²) in [6.45, 7) is 7.03. The van der Waals surface area contributed by atoms with E-state index in [0.29, 0.717) is 0 Å². The van der Waals surface area contributed by atoms with Crippen molar-refractivity contribution in [3.05, 3.63) is 30.3 Å². The molecule has 0 radical (unpaired) electrons. The van der Waals surface area contributed by atoms with Gasteiger partial charge in [0.25, 0.3) is 0 Å². The number of nitrogen functional groups attached to an aromatic ring is 1. The van der Waals surface area contributed by atoms with Crippen molar-refractivity contribution in [3.8, 4) is 0 Å². The summed E-state index contributed by atoms with van der Waals surface area (Å²) in [4.78, 5) is 0. The van der Waals surface area contributed by atoms with Gasteiger partial charge in [0.05, 0.1) is 11.4 Å². The van der Waals surface area contributed by atoms with Crippen molar-refractivity contribution >= 4 is 16.9 Å². The van der Waals surface area contributed by atoms with E-state index in [9.17, 15) is 0 Å². The predicted molar refractivity (Wildman–Crippen MR) is 76.0 cm³/mol. The first kappa shape index (κ1) is 12.0. The summed E-state index contributed by atoms with van der Waals surface area (Å²) in [5.41, 5.74) is 10.1. The lowest BCUT2D eigenvalue weighted by atomic mass is 10.1. The zero-order valence-electron chi connectivity index (χ0n) is 10.6. The molecule has 0 spiro atoms. The number of hydrogen-bond acceptors (Lipinski definition) is 2. The molecule has 0 atom stereocenters. The van der Waals surface area contributed by atoms with Gasteiger partial charge in [0.2, 0.25) is 0 Å². The molecule has 1 fully saturated rings. The molecular formula is C15H22N2. The van der Waals surface area contributed by atoms with Crippen LogP contribution in [0.1, 0.15) is 38.2 Å². The quantitative estimate of drug-likeness (QED) is 0.770. The van der Waals surface area contributed by atoms with Crippen molar-refractivity contribution in [3.63, 3.8) is 0 Å². The van der Waals surface area contributed by atoms with E-state index in [2.05, 4.69) is 18.0 Å². The van der Waals surface area contributed by atoms with E-state index in [-0.39, 0.29) is 0 Å². The molecule has 1 aliphatic carbocycles. The molecule has 1 aliphatic rings. The normalized spacial score (nSPS) is 16.1. The molecule has 0 unspecified atom stereocenters. The van der Waals surface area contributed by atoms with Crippen LogP contribution in [0.2, 0.25) is 0 Å². The summed E-state index contributed by atoms with van der Waals surface area (Å²) in [5, 5.41) is 3.48. The van der Waals surface area contributed by atoms with Crippen LogP contribution in [0.3, 0.4) is 0 Å². The standard InChI is InChI=1S/C15H22N2/c1-11(2)13-7-8-14(16)15(9-13)17-10-12-5-3-4-6-12/h7-9,12,17H,1,3-6,10,16H2,2H3. The van der Waals surface area contributed by atoms with E-state index in [0.717, 1.165) is 35.0 Å². The second-order valence-electron chi connectivity index (χ2n) is 5.11. The summed E-state index contributed by atoms with van der Waals surface area (Å²) >= 11 is 0.